The maximum absolute atomic E-state index is 11.8. The topological polar surface area (TPSA) is 100 Å². The average Bonchev–Trinajstić information content (AvgIpc) is 3.21. The first-order valence-corrected chi connectivity index (χ1v) is 7.35. The summed E-state index contributed by atoms with van der Waals surface area (Å²) in [5, 5.41) is 15.3. The summed E-state index contributed by atoms with van der Waals surface area (Å²) in [6.07, 6.45) is 2.53. The van der Waals surface area contributed by atoms with Gasteiger partial charge in [-0.15, -0.1) is 11.3 Å². The van der Waals surface area contributed by atoms with Crippen molar-refractivity contribution in [3.63, 3.8) is 0 Å². The molecule has 0 aromatic carbocycles. The Balaban J connectivity index is 1.94. The monoisotopic (exact) mass is 294 g/mol. The molecule has 1 fully saturated rings. The number of nitrogens with zero attached hydrogens (tertiary/aromatic N) is 1. The molecule has 0 spiro atoms. The van der Waals surface area contributed by atoms with Crippen LogP contribution in [0.3, 0.4) is 0 Å². The summed E-state index contributed by atoms with van der Waals surface area (Å²) in [5.41, 5.74) is 6.40. The van der Waals surface area contributed by atoms with Gasteiger partial charge < -0.3 is 21.1 Å². The van der Waals surface area contributed by atoms with Gasteiger partial charge in [0.2, 0.25) is 0 Å². The number of nitrogens with two attached hydrogens (primary N) is 1. The molecule has 1 saturated carbocycles. The minimum absolute atomic E-state index is 0.234. The van der Waals surface area contributed by atoms with E-state index >= 15 is 0 Å². The lowest BCUT2D eigenvalue weighted by Crippen LogP contribution is -2.20. The summed E-state index contributed by atoms with van der Waals surface area (Å²) in [6, 6.07) is 2.00. The van der Waals surface area contributed by atoms with E-state index in [0.717, 1.165) is 12.5 Å². The molecule has 0 aliphatic heterocycles. The summed E-state index contributed by atoms with van der Waals surface area (Å²) in [5.74, 6) is 0.445. The van der Waals surface area contributed by atoms with E-state index in [4.69, 9.17) is 15.7 Å². The van der Waals surface area contributed by atoms with Gasteiger partial charge in [-0.25, -0.2) is 0 Å². The van der Waals surface area contributed by atoms with Crippen LogP contribution in [-0.4, -0.2) is 32.7 Å². The van der Waals surface area contributed by atoms with Crippen LogP contribution in [0.2, 0.25) is 0 Å². The van der Waals surface area contributed by atoms with E-state index < -0.39 is 0 Å². The lowest BCUT2D eigenvalue weighted by atomic mass is 10.2. The van der Waals surface area contributed by atoms with Crippen LogP contribution in [0.4, 0.5) is 10.7 Å². The number of amides is 1. The summed E-state index contributed by atoms with van der Waals surface area (Å²) in [7, 11) is 1.54. The van der Waals surface area contributed by atoms with Gasteiger partial charge in [-0.2, -0.15) is 5.26 Å². The molecule has 1 amide bonds. The SMILES string of the molecule is CNC(=O)c1c(NCCOCC2CC2)sc(C#N)c1N. The average molecular weight is 294 g/mol. The predicted molar refractivity (Wildman–Crippen MR) is 78.9 cm³/mol. The Morgan fingerprint density at radius 3 is 2.95 bits per heavy atom. The highest BCUT2D eigenvalue weighted by atomic mass is 32.1. The Labute approximate surface area is 121 Å². The molecule has 0 radical (unpaired) electrons. The van der Waals surface area contributed by atoms with E-state index in [9.17, 15) is 4.79 Å². The van der Waals surface area contributed by atoms with Crippen molar-refractivity contribution in [2.24, 2.45) is 5.92 Å². The zero-order chi connectivity index (χ0) is 14.5. The minimum atomic E-state index is -0.290. The Hall–Kier alpha value is -1.78. The maximum atomic E-state index is 11.8. The minimum Gasteiger partial charge on any atom is -0.396 e. The predicted octanol–water partition coefficient (Wildman–Crippen LogP) is 1.40. The molecule has 4 N–H and O–H groups in total. The molecular formula is C13H18N4O2S. The fourth-order valence-corrected chi connectivity index (χ4v) is 2.71. The highest BCUT2D eigenvalue weighted by molar-refractivity contribution is 7.17. The number of anilines is 2. The van der Waals surface area contributed by atoms with Crippen LogP contribution in [0, 0.1) is 17.2 Å². The molecule has 6 nitrogen and oxygen atoms in total. The Morgan fingerprint density at radius 1 is 1.60 bits per heavy atom. The molecule has 0 unspecified atom stereocenters. The van der Waals surface area contributed by atoms with Crippen LogP contribution < -0.4 is 16.4 Å². The molecule has 108 valence electrons. The molecule has 1 aliphatic carbocycles. The number of nitrogen functional groups attached to an aromatic ring is 1. The number of carbonyl (C=O) groups is 1. The fraction of sp³-hybridized carbons (Fsp3) is 0.538. The van der Waals surface area contributed by atoms with Gasteiger partial charge in [-0.1, -0.05) is 0 Å². The second-order valence-corrected chi connectivity index (χ2v) is 5.71. The fourth-order valence-electron chi connectivity index (χ4n) is 1.77. The third kappa shape index (κ3) is 3.40. The number of hydrogen-bond donors (Lipinski definition) is 3. The molecule has 0 saturated heterocycles. The highest BCUT2D eigenvalue weighted by Crippen LogP contribution is 2.35. The first-order valence-electron chi connectivity index (χ1n) is 6.53. The van der Waals surface area contributed by atoms with Gasteiger partial charge in [0.25, 0.3) is 5.91 Å². The number of rotatable bonds is 7. The van der Waals surface area contributed by atoms with Gasteiger partial charge in [0, 0.05) is 20.2 Å². The lowest BCUT2D eigenvalue weighted by molar-refractivity contribution is 0.0965. The number of nitrogens with one attached hydrogen (secondary N) is 2. The van der Waals surface area contributed by atoms with E-state index in [1.54, 1.807) is 0 Å². The molecular weight excluding hydrogens is 276 g/mol. The summed E-state index contributed by atoms with van der Waals surface area (Å²) in [6.45, 7) is 1.96. The van der Waals surface area contributed by atoms with E-state index in [1.165, 1.54) is 31.2 Å². The van der Waals surface area contributed by atoms with Crippen molar-refractivity contribution in [3.05, 3.63) is 10.4 Å². The van der Waals surface area contributed by atoms with Gasteiger partial charge in [-0.05, 0) is 18.8 Å². The number of carbonyl (C=O) groups excluding carboxylic acids is 1. The first kappa shape index (κ1) is 14.6. The summed E-state index contributed by atoms with van der Waals surface area (Å²) in [4.78, 5) is 12.2. The summed E-state index contributed by atoms with van der Waals surface area (Å²) >= 11 is 1.19. The molecule has 7 heteroatoms. The molecule has 1 aliphatic rings. The smallest absolute Gasteiger partial charge is 0.256 e. The largest absolute Gasteiger partial charge is 0.396 e. The van der Waals surface area contributed by atoms with Crippen molar-refractivity contribution in [1.82, 2.24) is 5.32 Å². The Bertz CT molecular complexity index is 531. The van der Waals surface area contributed by atoms with Crippen molar-refractivity contribution in [3.8, 4) is 6.07 Å². The second kappa shape index (κ2) is 6.59. The lowest BCUT2D eigenvalue weighted by Gasteiger charge is -2.07. The van der Waals surface area contributed by atoms with Crippen LogP contribution >= 0.6 is 11.3 Å². The number of ether oxygens (including phenoxy) is 1. The molecule has 1 heterocycles. The van der Waals surface area contributed by atoms with Gasteiger partial charge in [-0.3, -0.25) is 4.79 Å². The first-order chi connectivity index (χ1) is 9.67. The summed E-state index contributed by atoms with van der Waals surface area (Å²) < 4.78 is 5.51. The number of nitriles is 1. The highest BCUT2D eigenvalue weighted by Gasteiger charge is 2.22. The van der Waals surface area contributed by atoms with Gasteiger partial charge in [0.1, 0.15) is 15.9 Å². The molecule has 0 atom stereocenters. The number of hydrogen-bond acceptors (Lipinski definition) is 6. The van der Waals surface area contributed by atoms with Gasteiger partial charge in [0.15, 0.2) is 0 Å². The standard InChI is InChI=1S/C13H18N4O2S/c1-16-12(18)10-11(15)9(6-14)20-13(10)17-4-5-19-7-8-2-3-8/h8,17H,2-5,7,15H2,1H3,(H,16,18). The van der Waals surface area contributed by atoms with E-state index in [2.05, 4.69) is 10.6 Å². The molecule has 1 aromatic heterocycles. The van der Waals surface area contributed by atoms with Crippen molar-refractivity contribution in [2.45, 2.75) is 12.8 Å². The van der Waals surface area contributed by atoms with E-state index in [-0.39, 0.29) is 11.6 Å². The quantitative estimate of drug-likeness (QED) is 0.660. The van der Waals surface area contributed by atoms with Crippen molar-refractivity contribution < 1.29 is 9.53 Å². The Kier molecular flexibility index (Phi) is 4.82. The molecule has 2 rings (SSSR count). The third-order valence-electron chi connectivity index (χ3n) is 3.08. The van der Waals surface area contributed by atoms with Crippen molar-refractivity contribution in [2.75, 3.05) is 37.9 Å². The zero-order valence-corrected chi connectivity index (χ0v) is 12.2. The molecule has 1 aromatic rings. The molecule has 20 heavy (non-hydrogen) atoms. The van der Waals surface area contributed by atoms with Crippen LogP contribution in [0.1, 0.15) is 28.1 Å². The van der Waals surface area contributed by atoms with Crippen molar-refractivity contribution >= 4 is 27.9 Å². The maximum Gasteiger partial charge on any atom is 0.256 e. The second-order valence-electron chi connectivity index (χ2n) is 4.68. The third-order valence-corrected chi connectivity index (χ3v) is 4.15. The van der Waals surface area contributed by atoms with E-state index in [0.29, 0.717) is 28.6 Å². The van der Waals surface area contributed by atoms with Crippen molar-refractivity contribution in [1.29, 1.82) is 5.26 Å². The molecule has 0 bridgehead atoms. The van der Waals surface area contributed by atoms with Crippen LogP contribution in [-0.2, 0) is 4.74 Å². The normalized spacial score (nSPS) is 13.8. The van der Waals surface area contributed by atoms with Crippen LogP contribution in [0.5, 0.6) is 0 Å². The zero-order valence-electron chi connectivity index (χ0n) is 11.4. The van der Waals surface area contributed by atoms with Crippen LogP contribution in [0.25, 0.3) is 0 Å². The van der Waals surface area contributed by atoms with Gasteiger partial charge in [0.05, 0.1) is 17.9 Å². The Morgan fingerprint density at radius 2 is 2.35 bits per heavy atom. The van der Waals surface area contributed by atoms with Gasteiger partial charge >= 0.3 is 0 Å². The van der Waals surface area contributed by atoms with Crippen LogP contribution in [0.15, 0.2) is 0 Å². The van der Waals surface area contributed by atoms with E-state index in [1.807, 2.05) is 6.07 Å². The number of thiophene rings is 1.